The number of nitrogens with one attached hydrogen (secondary N) is 2. The van der Waals surface area contributed by atoms with E-state index in [-0.39, 0.29) is 11.9 Å². The summed E-state index contributed by atoms with van der Waals surface area (Å²) in [6.07, 6.45) is 1.71. The Balaban J connectivity index is 2.08. The molecule has 1 aliphatic rings. The number of nitrogens with zero attached hydrogens (tertiary/aromatic N) is 2. The minimum Gasteiger partial charge on any atom is -0.355 e. The molecule has 20 heavy (non-hydrogen) atoms. The van der Waals surface area contributed by atoms with Crippen LogP contribution in [0.4, 0.5) is 11.6 Å². The third kappa shape index (κ3) is 3.45. The number of aromatic nitrogens is 1. The zero-order chi connectivity index (χ0) is 14.7. The van der Waals surface area contributed by atoms with E-state index in [1.54, 1.807) is 6.07 Å². The van der Waals surface area contributed by atoms with E-state index in [2.05, 4.69) is 20.6 Å². The van der Waals surface area contributed by atoms with E-state index in [0.717, 1.165) is 25.9 Å². The molecule has 2 heterocycles. The number of anilines is 2. The number of halogens is 2. The topological polar surface area (TPSA) is 83.3 Å². The largest absolute Gasteiger partial charge is 0.355 e. The summed E-state index contributed by atoms with van der Waals surface area (Å²) in [4.78, 5) is 17.4. The number of carbonyl (C=O) groups is 1. The van der Waals surface area contributed by atoms with Crippen LogP contribution in [0.5, 0.6) is 0 Å². The summed E-state index contributed by atoms with van der Waals surface area (Å²) in [5.74, 6) is 6.43. The first-order valence-electron chi connectivity index (χ1n) is 6.36. The van der Waals surface area contributed by atoms with Crippen LogP contribution in [-0.4, -0.2) is 30.0 Å². The van der Waals surface area contributed by atoms with Gasteiger partial charge in [0.25, 0.3) is 0 Å². The van der Waals surface area contributed by atoms with Crippen molar-refractivity contribution in [2.24, 2.45) is 5.84 Å². The van der Waals surface area contributed by atoms with Crippen LogP contribution in [0.3, 0.4) is 0 Å². The van der Waals surface area contributed by atoms with E-state index in [9.17, 15) is 4.79 Å². The van der Waals surface area contributed by atoms with Gasteiger partial charge in [-0.15, -0.1) is 0 Å². The maximum atomic E-state index is 11.0. The molecule has 4 N–H and O–H groups in total. The standard InChI is InChI=1S/C12H17Cl2N5O/c1-7(20)16-8-2-4-19(5-3-8)12-10(14)6-9(13)11(17-12)18-15/h6,8H,2-5,15H2,1H3,(H,16,20)(H,17,18). The van der Waals surface area contributed by atoms with Crippen LogP contribution in [0, 0.1) is 0 Å². The highest BCUT2D eigenvalue weighted by Gasteiger charge is 2.23. The van der Waals surface area contributed by atoms with Crippen LogP contribution in [0.2, 0.25) is 10.0 Å². The fraction of sp³-hybridized carbons (Fsp3) is 0.500. The predicted molar refractivity (Wildman–Crippen MR) is 81.1 cm³/mol. The zero-order valence-corrected chi connectivity index (χ0v) is 12.6. The van der Waals surface area contributed by atoms with Crippen molar-refractivity contribution in [3.8, 4) is 0 Å². The molecule has 1 fully saturated rings. The summed E-state index contributed by atoms with van der Waals surface area (Å²) in [6, 6.07) is 1.84. The van der Waals surface area contributed by atoms with Crippen LogP contribution in [0.15, 0.2) is 6.07 Å². The van der Waals surface area contributed by atoms with E-state index >= 15 is 0 Å². The summed E-state index contributed by atoms with van der Waals surface area (Å²) in [6.45, 7) is 3.07. The number of nitrogens with two attached hydrogens (primary N) is 1. The number of piperidine rings is 1. The summed E-state index contributed by atoms with van der Waals surface area (Å²) in [5, 5.41) is 3.80. The number of amides is 1. The minimum atomic E-state index is 0.000665. The molecular formula is C12H17Cl2N5O. The Bertz CT molecular complexity index is 503. The van der Waals surface area contributed by atoms with Gasteiger partial charge in [-0.2, -0.15) is 0 Å². The first kappa shape index (κ1) is 15.2. The molecule has 1 aromatic rings. The quantitative estimate of drug-likeness (QED) is 0.584. The van der Waals surface area contributed by atoms with Crippen molar-refractivity contribution in [2.45, 2.75) is 25.8 Å². The molecule has 1 saturated heterocycles. The lowest BCUT2D eigenvalue weighted by Gasteiger charge is -2.33. The number of rotatable bonds is 3. The molecule has 1 amide bonds. The normalized spacial score (nSPS) is 16.1. The maximum absolute atomic E-state index is 11.0. The molecule has 0 radical (unpaired) electrons. The number of nitrogen functional groups attached to an aromatic ring is 1. The van der Waals surface area contributed by atoms with Gasteiger partial charge in [0.1, 0.15) is 5.82 Å². The molecule has 6 nitrogen and oxygen atoms in total. The second kappa shape index (κ2) is 6.47. The summed E-state index contributed by atoms with van der Waals surface area (Å²) in [5.41, 5.74) is 2.45. The first-order chi connectivity index (χ1) is 9.51. The highest BCUT2D eigenvalue weighted by molar-refractivity contribution is 6.37. The van der Waals surface area contributed by atoms with Gasteiger partial charge in [-0.1, -0.05) is 23.2 Å². The second-order valence-corrected chi connectivity index (χ2v) is 5.54. The van der Waals surface area contributed by atoms with Gasteiger partial charge in [-0.3, -0.25) is 4.79 Å². The Morgan fingerprint density at radius 3 is 2.60 bits per heavy atom. The Kier molecular flexibility index (Phi) is 4.91. The number of carbonyl (C=O) groups excluding carboxylic acids is 1. The van der Waals surface area contributed by atoms with E-state index in [0.29, 0.717) is 21.7 Å². The third-order valence-corrected chi connectivity index (χ3v) is 3.82. The molecule has 8 heteroatoms. The van der Waals surface area contributed by atoms with Crippen molar-refractivity contribution >= 4 is 40.7 Å². The smallest absolute Gasteiger partial charge is 0.217 e. The molecule has 0 bridgehead atoms. The van der Waals surface area contributed by atoms with Gasteiger partial charge in [0.15, 0.2) is 5.82 Å². The Morgan fingerprint density at radius 1 is 1.40 bits per heavy atom. The number of hydrazine groups is 1. The Labute approximate surface area is 127 Å². The molecule has 0 atom stereocenters. The van der Waals surface area contributed by atoms with Crippen molar-refractivity contribution in [1.29, 1.82) is 0 Å². The monoisotopic (exact) mass is 317 g/mol. The van der Waals surface area contributed by atoms with Crippen LogP contribution < -0.4 is 21.5 Å². The number of hydrogen-bond acceptors (Lipinski definition) is 5. The molecule has 0 unspecified atom stereocenters. The first-order valence-corrected chi connectivity index (χ1v) is 7.11. The summed E-state index contributed by atoms with van der Waals surface area (Å²) < 4.78 is 0. The van der Waals surface area contributed by atoms with Gasteiger partial charge in [-0.25, -0.2) is 10.8 Å². The second-order valence-electron chi connectivity index (χ2n) is 4.73. The molecule has 110 valence electrons. The van der Waals surface area contributed by atoms with Gasteiger partial charge in [0.2, 0.25) is 5.91 Å². The molecule has 1 aliphatic heterocycles. The van der Waals surface area contributed by atoms with Crippen LogP contribution in [0.25, 0.3) is 0 Å². The molecule has 0 aromatic carbocycles. The van der Waals surface area contributed by atoms with Crippen LogP contribution in [0.1, 0.15) is 19.8 Å². The van der Waals surface area contributed by atoms with Gasteiger partial charge in [0.05, 0.1) is 10.0 Å². The average molecular weight is 318 g/mol. The highest BCUT2D eigenvalue weighted by Crippen LogP contribution is 2.32. The Morgan fingerprint density at radius 2 is 2.05 bits per heavy atom. The van der Waals surface area contributed by atoms with E-state index < -0.39 is 0 Å². The molecule has 2 rings (SSSR count). The van der Waals surface area contributed by atoms with Crippen molar-refractivity contribution in [3.63, 3.8) is 0 Å². The van der Waals surface area contributed by atoms with Gasteiger partial charge in [0, 0.05) is 26.1 Å². The average Bonchev–Trinajstić information content (AvgIpc) is 2.39. The lowest BCUT2D eigenvalue weighted by molar-refractivity contribution is -0.119. The minimum absolute atomic E-state index is 0.000665. The number of hydrogen-bond donors (Lipinski definition) is 3. The Hall–Kier alpha value is -1.24. The fourth-order valence-electron chi connectivity index (χ4n) is 2.30. The highest BCUT2D eigenvalue weighted by atomic mass is 35.5. The van der Waals surface area contributed by atoms with Gasteiger partial charge < -0.3 is 15.6 Å². The maximum Gasteiger partial charge on any atom is 0.217 e. The molecule has 0 aliphatic carbocycles. The van der Waals surface area contributed by atoms with Crippen molar-refractivity contribution in [3.05, 3.63) is 16.1 Å². The van der Waals surface area contributed by atoms with Gasteiger partial charge in [-0.05, 0) is 18.9 Å². The van der Waals surface area contributed by atoms with Crippen molar-refractivity contribution < 1.29 is 4.79 Å². The molecule has 1 aromatic heterocycles. The summed E-state index contributed by atoms with van der Waals surface area (Å²) in [7, 11) is 0. The molecular weight excluding hydrogens is 301 g/mol. The van der Waals surface area contributed by atoms with Gasteiger partial charge >= 0.3 is 0 Å². The zero-order valence-electron chi connectivity index (χ0n) is 11.1. The lowest BCUT2D eigenvalue weighted by atomic mass is 10.1. The number of pyridine rings is 1. The fourth-order valence-corrected chi connectivity index (χ4v) is 2.84. The lowest BCUT2D eigenvalue weighted by Crippen LogP contribution is -2.44. The van der Waals surface area contributed by atoms with Crippen molar-refractivity contribution in [1.82, 2.24) is 10.3 Å². The van der Waals surface area contributed by atoms with E-state index in [1.807, 2.05) is 0 Å². The summed E-state index contributed by atoms with van der Waals surface area (Å²) >= 11 is 12.2. The van der Waals surface area contributed by atoms with E-state index in [1.165, 1.54) is 6.92 Å². The molecule has 0 saturated carbocycles. The van der Waals surface area contributed by atoms with E-state index in [4.69, 9.17) is 29.0 Å². The molecule has 0 spiro atoms. The third-order valence-electron chi connectivity index (χ3n) is 3.25. The predicted octanol–water partition coefficient (Wildman–Crippen LogP) is 1.78. The van der Waals surface area contributed by atoms with Crippen LogP contribution >= 0.6 is 23.2 Å². The SMILES string of the molecule is CC(=O)NC1CCN(c2nc(NN)c(Cl)cc2Cl)CC1. The van der Waals surface area contributed by atoms with Crippen LogP contribution in [-0.2, 0) is 4.79 Å². The van der Waals surface area contributed by atoms with Crippen molar-refractivity contribution in [2.75, 3.05) is 23.4 Å².